The second-order valence-electron chi connectivity index (χ2n) is 3.65. The number of sulfone groups is 1. The predicted octanol–water partition coefficient (Wildman–Crippen LogP) is 0.696. The Morgan fingerprint density at radius 2 is 2.11 bits per heavy atom. The maximum absolute atomic E-state index is 12.9. The van der Waals surface area contributed by atoms with Crippen LogP contribution in [0.2, 0.25) is 0 Å². The lowest BCUT2D eigenvalue weighted by molar-refractivity contribution is 0.0953. The predicted molar refractivity (Wildman–Crippen MR) is 64.7 cm³/mol. The van der Waals surface area contributed by atoms with E-state index in [2.05, 4.69) is 5.32 Å². The quantitative estimate of drug-likeness (QED) is 0.828. The van der Waals surface area contributed by atoms with Gasteiger partial charge in [0.1, 0.15) is 11.6 Å². The summed E-state index contributed by atoms with van der Waals surface area (Å²) in [6, 6.07) is 2.97. The van der Waals surface area contributed by atoms with Gasteiger partial charge in [-0.2, -0.15) is 0 Å². The SMILES string of the molecule is CCS(=O)(=O)CCNC(=O)c1cc(F)ccc1O. The van der Waals surface area contributed by atoms with Gasteiger partial charge < -0.3 is 10.4 Å². The number of phenolic OH excluding ortho intramolecular Hbond substituents is 1. The van der Waals surface area contributed by atoms with Crippen molar-refractivity contribution in [1.29, 1.82) is 0 Å². The van der Waals surface area contributed by atoms with Crippen molar-refractivity contribution in [3.8, 4) is 5.75 Å². The highest BCUT2D eigenvalue weighted by molar-refractivity contribution is 7.91. The Balaban J connectivity index is 2.64. The molecule has 0 aliphatic rings. The first-order valence-electron chi connectivity index (χ1n) is 5.33. The summed E-state index contributed by atoms with van der Waals surface area (Å²) in [4.78, 5) is 11.6. The average Bonchev–Trinajstić information content (AvgIpc) is 2.32. The van der Waals surface area contributed by atoms with Gasteiger partial charge in [0.2, 0.25) is 0 Å². The summed E-state index contributed by atoms with van der Waals surface area (Å²) < 4.78 is 35.2. The first-order valence-corrected chi connectivity index (χ1v) is 7.15. The molecule has 0 saturated heterocycles. The first kappa shape index (κ1) is 14.4. The van der Waals surface area contributed by atoms with E-state index in [-0.39, 0.29) is 29.4 Å². The fraction of sp³-hybridized carbons (Fsp3) is 0.364. The summed E-state index contributed by atoms with van der Waals surface area (Å²) in [7, 11) is -3.17. The smallest absolute Gasteiger partial charge is 0.255 e. The third kappa shape index (κ3) is 3.99. The normalized spacial score (nSPS) is 11.2. The van der Waals surface area contributed by atoms with E-state index >= 15 is 0 Å². The fourth-order valence-corrected chi connectivity index (χ4v) is 1.95. The lowest BCUT2D eigenvalue weighted by Crippen LogP contribution is -2.29. The average molecular weight is 275 g/mol. The molecule has 1 rings (SSSR count). The number of benzene rings is 1. The highest BCUT2D eigenvalue weighted by Gasteiger charge is 2.13. The zero-order valence-corrected chi connectivity index (χ0v) is 10.6. The molecule has 7 heteroatoms. The van der Waals surface area contributed by atoms with Crippen molar-refractivity contribution < 1.29 is 22.7 Å². The van der Waals surface area contributed by atoms with Gasteiger partial charge in [0.15, 0.2) is 9.84 Å². The van der Waals surface area contributed by atoms with Crippen molar-refractivity contribution in [3.63, 3.8) is 0 Å². The van der Waals surface area contributed by atoms with Crippen molar-refractivity contribution in [1.82, 2.24) is 5.32 Å². The topological polar surface area (TPSA) is 83.5 Å². The van der Waals surface area contributed by atoms with Crippen LogP contribution in [0.25, 0.3) is 0 Å². The van der Waals surface area contributed by atoms with Crippen LogP contribution in [0.5, 0.6) is 5.75 Å². The number of hydrogen-bond acceptors (Lipinski definition) is 4. The summed E-state index contributed by atoms with van der Waals surface area (Å²) in [5.41, 5.74) is -0.219. The number of carbonyl (C=O) groups excluding carboxylic acids is 1. The summed E-state index contributed by atoms with van der Waals surface area (Å²) >= 11 is 0. The van der Waals surface area contributed by atoms with Gasteiger partial charge in [0.25, 0.3) is 5.91 Å². The van der Waals surface area contributed by atoms with E-state index < -0.39 is 21.6 Å². The van der Waals surface area contributed by atoms with E-state index in [9.17, 15) is 22.7 Å². The van der Waals surface area contributed by atoms with E-state index in [1.54, 1.807) is 0 Å². The molecule has 0 spiro atoms. The third-order valence-corrected chi connectivity index (χ3v) is 4.05. The first-order chi connectivity index (χ1) is 8.35. The van der Waals surface area contributed by atoms with Crippen LogP contribution in [0.3, 0.4) is 0 Å². The van der Waals surface area contributed by atoms with E-state index in [1.165, 1.54) is 6.92 Å². The maximum Gasteiger partial charge on any atom is 0.255 e. The van der Waals surface area contributed by atoms with Crippen LogP contribution in [0.1, 0.15) is 17.3 Å². The van der Waals surface area contributed by atoms with Crippen LogP contribution in [0.4, 0.5) is 4.39 Å². The number of amides is 1. The standard InChI is InChI=1S/C11H14FNO4S/c1-2-18(16,17)6-5-13-11(15)9-7-8(12)3-4-10(9)14/h3-4,7,14H,2,5-6H2,1H3,(H,13,15). The minimum atomic E-state index is -3.17. The molecule has 0 heterocycles. The van der Waals surface area contributed by atoms with Crippen molar-refractivity contribution in [2.75, 3.05) is 18.1 Å². The van der Waals surface area contributed by atoms with Gasteiger partial charge in [0, 0.05) is 12.3 Å². The van der Waals surface area contributed by atoms with Gasteiger partial charge >= 0.3 is 0 Å². The Morgan fingerprint density at radius 1 is 1.44 bits per heavy atom. The van der Waals surface area contributed by atoms with E-state index in [4.69, 9.17) is 0 Å². The van der Waals surface area contributed by atoms with Crippen molar-refractivity contribution in [3.05, 3.63) is 29.6 Å². The molecule has 100 valence electrons. The summed E-state index contributed by atoms with van der Waals surface area (Å²) in [6.45, 7) is 1.43. The van der Waals surface area contributed by atoms with Crippen LogP contribution >= 0.6 is 0 Å². The van der Waals surface area contributed by atoms with Gasteiger partial charge in [0.05, 0.1) is 11.3 Å². The summed E-state index contributed by atoms with van der Waals surface area (Å²) in [5.74, 6) is -1.91. The van der Waals surface area contributed by atoms with E-state index in [0.717, 1.165) is 18.2 Å². The Bertz CT molecular complexity index is 542. The molecular formula is C11H14FNO4S. The minimum absolute atomic E-state index is 0.00587. The molecule has 1 aromatic carbocycles. The largest absolute Gasteiger partial charge is 0.507 e. The van der Waals surface area contributed by atoms with Gasteiger partial charge in [-0.05, 0) is 18.2 Å². The van der Waals surface area contributed by atoms with Gasteiger partial charge in [-0.3, -0.25) is 4.79 Å². The van der Waals surface area contributed by atoms with Crippen LogP contribution in [0.15, 0.2) is 18.2 Å². The number of halogens is 1. The van der Waals surface area contributed by atoms with Crippen LogP contribution in [-0.4, -0.2) is 37.5 Å². The van der Waals surface area contributed by atoms with Crippen LogP contribution < -0.4 is 5.32 Å². The molecule has 1 aromatic rings. The molecule has 0 aliphatic heterocycles. The second-order valence-corrected chi connectivity index (χ2v) is 6.13. The third-order valence-electron chi connectivity index (χ3n) is 2.34. The Kier molecular flexibility index (Phi) is 4.66. The molecule has 0 aliphatic carbocycles. The van der Waals surface area contributed by atoms with Gasteiger partial charge in [-0.25, -0.2) is 12.8 Å². The van der Waals surface area contributed by atoms with Crippen molar-refractivity contribution in [2.45, 2.75) is 6.92 Å². The molecule has 0 bridgehead atoms. The van der Waals surface area contributed by atoms with E-state index in [0.29, 0.717) is 0 Å². The minimum Gasteiger partial charge on any atom is -0.507 e. The lowest BCUT2D eigenvalue weighted by atomic mass is 10.2. The van der Waals surface area contributed by atoms with Crippen LogP contribution in [0, 0.1) is 5.82 Å². The molecule has 0 unspecified atom stereocenters. The maximum atomic E-state index is 12.9. The zero-order chi connectivity index (χ0) is 13.8. The number of nitrogens with one attached hydrogen (secondary N) is 1. The number of rotatable bonds is 5. The number of aromatic hydroxyl groups is 1. The molecule has 0 fully saturated rings. The highest BCUT2D eigenvalue weighted by atomic mass is 32.2. The number of phenols is 1. The fourth-order valence-electron chi connectivity index (χ4n) is 1.25. The molecular weight excluding hydrogens is 261 g/mol. The lowest BCUT2D eigenvalue weighted by Gasteiger charge is -2.06. The summed E-state index contributed by atoms with van der Waals surface area (Å²) in [6.07, 6.45) is 0. The van der Waals surface area contributed by atoms with Crippen molar-refractivity contribution in [2.24, 2.45) is 0 Å². The molecule has 0 atom stereocenters. The highest BCUT2D eigenvalue weighted by Crippen LogP contribution is 2.17. The Labute approximate surface area is 105 Å². The van der Waals surface area contributed by atoms with Crippen LogP contribution in [-0.2, 0) is 9.84 Å². The zero-order valence-electron chi connectivity index (χ0n) is 9.81. The second kappa shape index (κ2) is 5.81. The molecule has 18 heavy (non-hydrogen) atoms. The molecule has 1 amide bonds. The van der Waals surface area contributed by atoms with E-state index in [1.807, 2.05) is 0 Å². The molecule has 0 radical (unpaired) electrons. The molecule has 0 aromatic heterocycles. The van der Waals surface area contributed by atoms with Gasteiger partial charge in [-0.1, -0.05) is 6.92 Å². The van der Waals surface area contributed by atoms with Crippen molar-refractivity contribution >= 4 is 15.7 Å². The molecule has 5 nitrogen and oxygen atoms in total. The van der Waals surface area contributed by atoms with Gasteiger partial charge in [-0.15, -0.1) is 0 Å². The summed E-state index contributed by atoms with van der Waals surface area (Å²) in [5, 5.41) is 11.7. The number of carbonyl (C=O) groups is 1. The molecule has 2 N–H and O–H groups in total. The molecule has 0 saturated carbocycles. The Hall–Kier alpha value is -1.63. The monoisotopic (exact) mass is 275 g/mol. The Morgan fingerprint density at radius 3 is 2.72 bits per heavy atom. The number of hydrogen-bond donors (Lipinski definition) is 2.